The van der Waals surface area contributed by atoms with E-state index in [-0.39, 0.29) is 22.1 Å². The van der Waals surface area contributed by atoms with Crippen LogP contribution in [0.3, 0.4) is 0 Å². The second-order valence-corrected chi connectivity index (χ2v) is 12.7. The van der Waals surface area contributed by atoms with Crippen LogP contribution in [0.2, 0.25) is 18.1 Å². The first-order chi connectivity index (χ1) is 12.2. The van der Waals surface area contributed by atoms with Crippen molar-refractivity contribution in [1.82, 2.24) is 4.98 Å². The molecule has 27 heavy (non-hydrogen) atoms. The lowest BCUT2D eigenvalue weighted by Gasteiger charge is -2.36. The highest BCUT2D eigenvalue weighted by atomic mass is 28.4. The zero-order valence-corrected chi connectivity index (χ0v) is 17.4. The van der Waals surface area contributed by atoms with E-state index in [1.807, 2.05) is 13.1 Å². The minimum Gasteiger partial charge on any atom is -0.530 e. The van der Waals surface area contributed by atoms with E-state index in [9.17, 15) is 17.6 Å². The zero-order valence-electron chi connectivity index (χ0n) is 16.4. The third kappa shape index (κ3) is 4.91. The van der Waals surface area contributed by atoms with Gasteiger partial charge in [-0.15, -0.1) is 0 Å². The number of aromatic nitrogens is 1. The van der Waals surface area contributed by atoms with Crippen LogP contribution in [0.25, 0.3) is 10.9 Å². The number of nitrogens with zero attached hydrogens (tertiary/aromatic N) is 1. The van der Waals surface area contributed by atoms with Crippen molar-refractivity contribution in [2.75, 3.05) is 6.61 Å². The van der Waals surface area contributed by atoms with E-state index in [4.69, 9.17) is 9.16 Å². The Bertz CT molecular complexity index is 829. The second-order valence-electron chi connectivity index (χ2n) is 8.01. The van der Waals surface area contributed by atoms with Crippen molar-refractivity contribution in [2.24, 2.45) is 0 Å². The minimum absolute atomic E-state index is 0.0203. The van der Waals surface area contributed by atoms with Gasteiger partial charge in [-0.2, -0.15) is 13.2 Å². The van der Waals surface area contributed by atoms with E-state index in [2.05, 4.69) is 25.8 Å². The molecule has 0 aliphatic carbocycles. The Balaban J connectivity index is 2.66. The molecule has 150 valence electrons. The van der Waals surface area contributed by atoms with Crippen molar-refractivity contribution in [2.45, 2.75) is 58.4 Å². The summed E-state index contributed by atoms with van der Waals surface area (Å²) in [6.45, 7) is 10.5. The Morgan fingerprint density at radius 2 is 1.74 bits per heavy atom. The fourth-order valence-electron chi connectivity index (χ4n) is 2.33. The van der Waals surface area contributed by atoms with Crippen LogP contribution in [0.1, 0.15) is 33.3 Å². The van der Waals surface area contributed by atoms with Gasteiger partial charge >= 0.3 is 6.18 Å². The summed E-state index contributed by atoms with van der Waals surface area (Å²) in [4.78, 5) is 4.48. The fourth-order valence-corrected chi connectivity index (χ4v) is 3.29. The van der Waals surface area contributed by atoms with Crippen LogP contribution >= 0.6 is 0 Å². The lowest BCUT2D eigenvalue weighted by atomic mass is 10.1. The number of halogens is 4. The van der Waals surface area contributed by atoms with Crippen molar-refractivity contribution in [3.63, 3.8) is 0 Å². The SMILES string of the molecule is CCc1c(O[Si](C)(C)C(C)(C)C)nc2ccc(F)cc2c1OCC(F)(F)F. The average Bonchev–Trinajstić information content (AvgIpc) is 2.50. The maximum atomic E-state index is 13.7. The van der Waals surface area contributed by atoms with Crippen molar-refractivity contribution < 1.29 is 26.7 Å². The van der Waals surface area contributed by atoms with E-state index < -0.39 is 26.9 Å². The molecule has 2 aromatic rings. The van der Waals surface area contributed by atoms with E-state index in [1.54, 1.807) is 6.92 Å². The predicted octanol–water partition coefficient (Wildman–Crippen LogP) is 6.26. The quantitative estimate of drug-likeness (QED) is 0.436. The molecular weight excluding hydrogens is 378 g/mol. The van der Waals surface area contributed by atoms with Crippen molar-refractivity contribution in [3.05, 3.63) is 29.6 Å². The molecule has 0 amide bonds. The Kier molecular flexibility index (Phi) is 5.80. The third-order valence-corrected chi connectivity index (χ3v) is 9.17. The number of ether oxygens (including phenoxy) is 1. The Morgan fingerprint density at radius 3 is 2.26 bits per heavy atom. The van der Waals surface area contributed by atoms with Crippen LogP contribution in [-0.4, -0.2) is 26.1 Å². The molecule has 0 bridgehead atoms. The van der Waals surface area contributed by atoms with E-state index in [0.29, 0.717) is 17.5 Å². The van der Waals surface area contributed by atoms with Gasteiger partial charge in [0, 0.05) is 5.39 Å². The largest absolute Gasteiger partial charge is 0.530 e. The monoisotopic (exact) mass is 403 g/mol. The first kappa shape index (κ1) is 21.5. The molecule has 0 N–H and O–H groups in total. The highest BCUT2D eigenvalue weighted by Gasteiger charge is 2.40. The zero-order chi connectivity index (χ0) is 20.6. The molecule has 0 radical (unpaired) electrons. The third-order valence-electron chi connectivity index (χ3n) is 4.85. The molecule has 0 saturated heterocycles. The summed E-state index contributed by atoms with van der Waals surface area (Å²) in [5.74, 6) is -0.324. The number of hydrogen-bond acceptors (Lipinski definition) is 3. The van der Waals surface area contributed by atoms with Gasteiger partial charge in [0.05, 0.1) is 11.1 Å². The molecule has 0 saturated carbocycles. The summed E-state index contributed by atoms with van der Waals surface area (Å²) >= 11 is 0. The Hall–Kier alpha value is -1.83. The minimum atomic E-state index is -4.51. The molecule has 1 heterocycles. The predicted molar refractivity (Wildman–Crippen MR) is 100 cm³/mol. The summed E-state index contributed by atoms with van der Waals surface area (Å²) in [7, 11) is -2.29. The molecular formula is C19H25F4NO2Si. The molecule has 0 aliphatic heterocycles. The topological polar surface area (TPSA) is 31.4 Å². The molecule has 0 fully saturated rings. The molecule has 2 rings (SSSR count). The Labute approximate surface area is 157 Å². The molecule has 0 aliphatic rings. The maximum Gasteiger partial charge on any atom is 0.422 e. The standard InChI is InChI=1S/C19H25F4NO2Si/c1-7-13-16(25-11-19(21,22)23)14-10-12(20)8-9-15(14)24-17(13)26-27(5,6)18(2,3)4/h8-10H,7,11H2,1-6H3. The molecule has 1 aromatic heterocycles. The lowest BCUT2D eigenvalue weighted by Crippen LogP contribution is -2.44. The summed E-state index contributed by atoms with van der Waals surface area (Å²) in [5, 5.41) is 0.0865. The highest BCUT2D eigenvalue weighted by molar-refractivity contribution is 6.74. The Morgan fingerprint density at radius 1 is 1.11 bits per heavy atom. The number of benzene rings is 1. The summed E-state index contributed by atoms with van der Waals surface area (Å²) in [6.07, 6.45) is -4.16. The van der Waals surface area contributed by atoms with Gasteiger partial charge in [0.2, 0.25) is 5.88 Å². The van der Waals surface area contributed by atoms with Gasteiger partial charge in [-0.3, -0.25) is 0 Å². The van der Waals surface area contributed by atoms with Crippen molar-refractivity contribution >= 4 is 19.2 Å². The number of fused-ring (bicyclic) bond motifs is 1. The van der Waals surface area contributed by atoms with Crippen LogP contribution in [0.4, 0.5) is 17.6 Å². The molecule has 0 spiro atoms. The van der Waals surface area contributed by atoms with Gasteiger partial charge in [0.25, 0.3) is 8.32 Å². The van der Waals surface area contributed by atoms with Crippen LogP contribution in [-0.2, 0) is 6.42 Å². The van der Waals surface area contributed by atoms with Crippen molar-refractivity contribution in [1.29, 1.82) is 0 Å². The normalized spacial score (nSPS) is 13.1. The van der Waals surface area contributed by atoms with E-state index in [1.165, 1.54) is 12.1 Å². The number of hydrogen-bond donors (Lipinski definition) is 0. The van der Waals surface area contributed by atoms with Crippen LogP contribution in [0.5, 0.6) is 11.6 Å². The summed E-state index contributed by atoms with van der Waals surface area (Å²) in [6, 6.07) is 3.77. The number of pyridine rings is 1. The summed E-state index contributed by atoms with van der Waals surface area (Å²) in [5.41, 5.74) is 0.752. The fraction of sp³-hybridized carbons (Fsp3) is 0.526. The van der Waals surface area contributed by atoms with Crippen LogP contribution in [0, 0.1) is 5.82 Å². The van der Waals surface area contributed by atoms with Gasteiger partial charge in [0.1, 0.15) is 11.6 Å². The first-order valence-electron chi connectivity index (χ1n) is 8.76. The maximum absolute atomic E-state index is 13.7. The van der Waals surface area contributed by atoms with E-state index >= 15 is 0 Å². The number of rotatable bonds is 5. The van der Waals surface area contributed by atoms with E-state index in [0.717, 1.165) is 6.07 Å². The number of alkyl halides is 3. The second kappa shape index (κ2) is 7.29. The van der Waals surface area contributed by atoms with Gasteiger partial charge in [0.15, 0.2) is 6.61 Å². The average molecular weight is 403 g/mol. The van der Waals surface area contributed by atoms with Gasteiger partial charge in [-0.05, 0) is 42.8 Å². The smallest absolute Gasteiger partial charge is 0.422 e. The molecule has 8 heteroatoms. The van der Waals surface area contributed by atoms with Gasteiger partial charge in [-0.1, -0.05) is 27.7 Å². The van der Waals surface area contributed by atoms with Gasteiger partial charge < -0.3 is 9.16 Å². The molecule has 0 unspecified atom stereocenters. The molecule has 3 nitrogen and oxygen atoms in total. The molecule has 1 aromatic carbocycles. The molecule has 0 atom stereocenters. The van der Waals surface area contributed by atoms with Gasteiger partial charge in [-0.25, -0.2) is 9.37 Å². The summed E-state index contributed by atoms with van der Waals surface area (Å²) < 4.78 is 63.3. The lowest BCUT2D eigenvalue weighted by molar-refractivity contribution is -0.153. The van der Waals surface area contributed by atoms with Crippen LogP contribution in [0.15, 0.2) is 18.2 Å². The van der Waals surface area contributed by atoms with Crippen LogP contribution < -0.4 is 9.16 Å². The first-order valence-corrected chi connectivity index (χ1v) is 11.7. The highest BCUT2D eigenvalue weighted by Crippen LogP contribution is 2.41. The van der Waals surface area contributed by atoms with Crippen molar-refractivity contribution in [3.8, 4) is 11.6 Å².